The number of nitrogens with zero attached hydrogens (tertiary/aromatic N) is 1. The first-order valence-corrected chi connectivity index (χ1v) is 11.0. The highest BCUT2D eigenvalue weighted by atomic mass is 79.9. The summed E-state index contributed by atoms with van der Waals surface area (Å²) in [7, 11) is -1.41. The molecule has 0 bridgehead atoms. The molecule has 0 atom stereocenters. The lowest BCUT2D eigenvalue weighted by Crippen LogP contribution is -2.37. The summed E-state index contributed by atoms with van der Waals surface area (Å²) in [4.78, 5) is 36.3. The normalized spacial score (nSPS) is 10.8. The number of sulfonamides is 1. The molecule has 2 aromatic rings. The molecule has 0 heterocycles. The molecule has 0 aliphatic rings. The van der Waals surface area contributed by atoms with Crippen LogP contribution in [0.1, 0.15) is 20.7 Å². The SMILES string of the molecule is COC(=O)c1cc(NC(=O)CN(c2ccc(Br)cc2)S(C)(=O)=O)cc(C(=O)OC)c1. The number of methoxy groups -OCH3 is 2. The van der Waals surface area contributed by atoms with Crippen LogP contribution in [-0.2, 0) is 24.3 Å². The van der Waals surface area contributed by atoms with Crippen molar-refractivity contribution in [1.29, 1.82) is 0 Å². The molecular weight excluding hydrogens is 480 g/mol. The number of hydrogen-bond acceptors (Lipinski definition) is 7. The Morgan fingerprint density at radius 1 is 0.967 bits per heavy atom. The van der Waals surface area contributed by atoms with Crippen LogP contribution in [0.25, 0.3) is 0 Å². The van der Waals surface area contributed by atoms with Gasteiger partial charge in [-0.1, -0.05) is 15.9 Å². The second-order valence-electron chi connectivity index (χ2n) is 6.08. The Morgan fingerprint density at radius 2 is 1.47 bits per heavy atom. The lowest BCUT2D eigenvalue weighted by atomic mass is 10.1. The summed E-state index contributed by atoms with van der Waals surface area (Å²) in [6.45, 7) is -0.517. The van der Waals surface area contributed by atoms with Crippen LogP contribution >= 0.6 is 15.9 Å². The average Bonchev–Trinajstić information content (AvgIpc) is 2.70. The molecule has 0 unspecified atom stereocenters. The molecule has 0 fully saturated rings. The molecule has 1 N–H and O–H groups in total. The summed E-state index contributed by atoms with van der Waals surface area (Å²) in [5, 5.41) is 2.49. The maximum absolute atomic E-state index is 12.6. The first-order chi connectivity index (χ1) is 14.0. The van der Waals surface area contributed by atoms with E-state index >= 15 is 0 Å². The number of hydrogen-bond donors (Lipinski definition) is 1. The summed E-state index contributed by atoms with van der Waals surface area (Å²) >= 11 is 3.27. The molecule has 0 aromatic heterocycles. The van der Waals surface area contributed by atoms with Crippen LogP contribution in [0.2, 0.25) is 0 Å². The fourth-order valence-electron chi connectivity index (χ4n) is 2.51. The number of nitrogens with one attached hydrogen (secondary N) is 1. The molecular formula is C19H19BrN2O7S. The number of ether oxygens (including phenoxy) is 2. The van der Waals surface area contributed by atoms with Gasteiger partial charge in [0.1, 0.15) is 6.54 Å². The fourth-order valence-corrected chi connectivity index (χ4v) is 3.63. The average molecular weight is 499 g/mol. The molecule has 0 spiro atoms. The standard InChI is InChI=1S/C19H19BrN2O7S/c1-28-18(24)12-8-13(19(25)29-2)10-15(9-12)21-17(23)11-22(30(3,26)27)16-6-4-14(20)5-7-16/h4-10H,11H2,1-3H3,(H,21,23). The first kappa shape index (κ1) is 23.4. The molecule has 9 nitrogen and oxygen atoms in total. The number of benzene rings is 2. The predicted octanol–water partition coefficient (Wildman–Crippen LogP) is 2.43. The Bertz CT molecular complexity index is 1030. The second-order valence-corrected chi connectivity index (χ2v) is 8.90. The van der Waals surface area contributed by atoms with Gasteiger partial charge in [-0.05, 0) is 42.5 Å². The number of carbonyl (C=O) groups is 3. The molecule has 2 rings (SSSR count). The minimum Gasteiger partial charge on any atom is -0.465 e. The van der Waals surface area contributed by atoms with Gasteiger partial charge >= 0.3 is 11.9 Å². The van der Waals surface area contributed by atoms with E-state index in [0.29, 0.717) is 5.69 Å². The summed E-state index contributed by atoms with van der Waals surface area (Å²) in [6, 6.07) is 10.3. The Morgan fingerprint density at radius 3 is 1.90 bits per heavy atom. The van der Waals surface area contributed by atoms with Crippen molar-refractivity contribution < 1.29 is 32.3 Å². The molecule has 2 aromatic carbocycles. The Labute approximate surface area is 182 Å². The molecule has 0 radical (unpaired) electrons. The molecule has 0 aliphatic carbocycles. The van der Waals surface area contributed by atoms with Crippen LogP contribution in [0.4, 0.5) is 11.4 Å². The van der Waals surface area contributed by atoms with Crippen molar-refractivity contribution in [2.75, 3.05) is 36.6 Å². The zero-order valence-corrected chi connectivity index (χ0v) is 18.7. The van der Waals surface area contributed by atoms with E-state index in [9.17, 15) is 22.8 Å². The van der Waals surface area contributed by atoms with Gasteiger partial charge in [0, 0.05) is 10.2 Å². The number of rotatable bonds is 7. The van der Waals surface area contributed by atoms with E-state index in [-0.39, 0.29) is 16.8 Å². The van der Waals surface area contributed by atoms with E-state index in [1.165, 1.54) is 32.4 Å². The van der Waals surface area contributed by atoms with Gasteiger partial charge in [0.2, 0.25) is 15.9 Å². The van der Waals surface area contributed by atoms with Crippen molar-refractivity contribution >= 4 is 55.2 Å². The highest BCUT2D eigenvalue weighted by molar-refractivity contribution is 9.10. The third-order valence-corrected chi connectivity index (χ3v) is 5.53. The molecule has 1 amide bonds. The zero-order valence-electron chi connectivity index (χ0n) is 16.3. The van der Waals surface area contributed by atoms with Crippen molar-refractivity contribution in [2.45, 2.75) is 0 Å². The van der Waals surface area contributed by atoms with Gasteiger partial charge in [-0.25, -0.2) is 18.0 Å². The second kappa shape index (κ2) is 9.72. The molecule has 0 saturated carbocycles. The van der Waals surface area contributed by atoms with Gasteiger partial charge in [0.05, 0.1) is 37.3 Å². The lowest BCUT2D eigenvalue weighted by molar-refractivity contribution is -0.114. The topological polar surface area (TPSA) is 119 Å². The maximum atomic E-state index is 12.6. The van der Waals surface area contributed by atoms with Crippen LogP contribution in [0.5, 0.6) is 0 Å². The summed E-state index contributed by atoms with van der Waals surface area (Å²) in [5.41, 5.74) is 0.439. The van der Waals surface area contributed by atoms with Crippen molar-refractivity contribution in [3.63, 3.8) is 0 Å². The predicted molar refractivity (Wildman–Crippen MR) is 114 cm³/mol. The Kier molecular flexibility index (Phi) is 7.57. The molecule has 11 heteroatoms. The van der Waals surface area contributed by atoms with E-state index in [0.717, 1.165) is 15.0 Å². The van der Waals surface area contributed by atoms with Crippen LogP contribution in [-0.4, -0.2) is 53.3 Å². The van der Waals surface area contributed by atoms with Gasteiger partial charge in [-0.15, -0.1) is 0 Å². The number of carbonyl (C=O) groups excluding carboxylic acids is 3. The molecule has 160 valence electrons. The van der Waals surface area contributed by atoms with Crippen LogP contribution < -0.4 is 9.62 Å². The smallest absolute Gasteiger partial charge is 0.337 e. The number of halogens is 1. The van der Waals surface area contributed by atoms with E-state index in [1.807, 2.05) is 0 Å². The van der Waals surface area contributed by atoms with E-state index in [1.54, 1.807) is 24.3 Å². The van der Waals surface area contributed by atoms with E-state index in [2.05, 4.69) is 30.7 Å². The first-order valence-electron chi connectivity index (χ1n) is 8.40. The van der Waals surface area contributed by atoms with Crippen LogP contribution in [0, 0.1) is 0 Å². The van der Waals surface area contributed by atoms with Crippen LogP contribution in [0.15, 0.2) is 46.9 Å². The van der Waals surface area contributed by atoms with Gasteiger partial charge in [-0.2, -0.15) is 0 Å². The van der Waals surface area contributed by atoms with Crippen molar-refractivity contribution in [2.24, 2.45) is 0 Å². The monoisotopic (exact) mass is 498 g/mol. The quantitative estimate of drug-likeness (QED) is 0.582. The summed E-state index contributed by atoms with van der Waals surface area (Å²) in [6.07, 6.45) is 0.982. The number of esters is 2. The minimum atomic E-state index is -3.76. The molecule has 0 saturated heterocycles. The number of amides is 1. The van der Waals surface area contributed by atoms with Gasteiger partial charge in [0.25, 0.3) is 0 Å². The van der Waals surface area contributed by atoms with Crippen molar-refractivity contribution in [3.05, 3.63) is 58.1 Å². The summed E-state index contributed by atoms with van der Waals surface area (Å²) in [5.74, 6) is -2.12. The summed E-state index contributed by atoms with van der Waals surface area (Å²) < 4.78 is 35.3. The third-order valence-electron chi connectivity index (χ3n) is 3.86. The number of anilines is 2. The highest BCUT2D eigenvalue weighted by Gasteiger charge is 2.22. The van der Waals surface area contributed by atoms with Gasteiger partial charge in [0.15, 0.2) is 0 Å². The molecule has 30 heavy (non-hydrogen) atoms. The lowest BCUT2D eigenvalue weighted by Gasteiger charge is -2.22. The largest absolute Gasteiger partial charge is 0.465 e. The fraction of sp³-hybridized carbons (Fsp3) is 0.211. The van der Waals surface area contributed by atoms with E-state index < -0.39 is 34.4 Å². The minimum absolute atomic E-state index is 0.0172. The maximum Gasteiger partial charge on any atom is 0.337 e. The van der Waals surface area contributed by atoms with Gasteiger partial charge in [-0.3, -0.25) is 9.10 Å². The van der Waals surface area contributed by atoms with Crippen molar-refractivity contribution in [3.8, 4) is 0 Å². The van der Waals surface area contributed by atoms with E-state index in [4.69, 9.17) is 0 Å². The highest BCUT2D eigenvalue weighted by Crippen LogP contribution is 2.21. The van der Waals surface area contributed by atoms with Crippen molar-refractivity contribution in [1.82, 2.24) is 0 Å². The van der Waals surface area contributed by atoms with Gasteiger partial charge < -0.3 is 14.8 Å². The zero-order chi connectivity index (χ0) is 22.5. The Balaban J connectivity index is 2.31. The third kappa shape index (κ3) is 6.04. The Hall–Kier alpha value is -2.92. The van der Waals surface area contributed by atoms with Crippen LogP contribution in [0.3, 0.4) is 0 Å². The molecule has 0 aliphatic heterocycles.